The molecule has 1 aliphatic heterocycles. The van der Waals surface area contributed by atoms with Gasteiger partial charge in [-0.15, -0.1) is 11.3 Å². The summed E-state index contributed by atoms with van der Waals surface area (Å²) in [5, 5.41) is 7.58. The normalized spacial score (nSPS) is 16.4. The summed E-state index contributed by atoms with van der Waals surface area (Å²) in [6, 6.07) is 7.72. The Morgan fingerprint density at radius 3 is 3.00 bits per heavy atom. The number of anilines is 1. The third-order valence-electron chi connectivity index (χ3n) is 5.21. The number of carbonyl (C=O) groups is 2. The van der Waals surface area contributed by atoms with Gasteiger partial charge in [0.1, 0.15) is 18.0 Å². The molecule has 160 valence electrons. The third kappa shape index (κ3) is 4.62. The Balaban J connectivity index is 1.52. The number of halogens is 1. The number of carbonyl (C=O) groups excluding carboxylic acids is 2. The fraction of sp³-hybridized carbons (Fsp3) is 0.273. The molecule has 1 aromatic carbocycles. The molecule has 3 aromatic rings. The molecule has 0 saturated carbocycles. The highest BCUT2D eigenvalue weighted by Crippen LogP contribution is 2.38. The van der Waals surface area contributed by atoms with Crippen LogP contribution < -0.4 is 16.4 Å². The average Bonchev–Trinajstić information content (AvgIpc) is 3.23. The van der Waals surface area contributed by atoms with Gasteiger partial charge in [0, 0.05) is 35.5 Å². The van der Waals surface area contributed by atoms with E-state index < -0.39 is 0 Å². The summed E-state index contributed by atoms with van der Waals surface area (Å²) in [7, 11) is 0. The lowest BCUT2D eigenvalue weighted by atomic mass is 9.91. The Kier molecular flexibility index (Phi) is 6.06. The summed E-state index contributed by atoms with van der Waals surface area (Å²) in [4.78, 5) is 33.7. The molecule has 0 spiro atoms. The summed E-state index contributed by atoms with van der Waals surface area (Å²) >= 11 is 1.31. The van der Waals surface area contributed by atoms with Gasteiger partial charge in [0.25, 0.3) is 5.91 Å². The third-order valence-corrected chi connectivity index (χ3v) is 6.14. The van der Waals surface area contributed by atoms with Gasteiger partial charge in [-0.1, -0.05) is 19.1 Å². The van der Waals surface area contributed by atoms with Crippen molar-refractivity contribution in [2.75, 3.05) is 11.9 Å². The number of amides is 2. The van der Waals surface area contributed by atoms with Gasteiger partial charge in [0.15, 0.2) is 0 Å². The number of hydrogen-bond acceptors (Lipinski definition) is 6. The highest BCUT2D eigenvalue weighted by atomic mass is 32.1. The van der Waals surface area contributed by atoms with Crippen LogP contribution in [0.3, 0.4) is 0 Å². The number of rotatable bonds is 6. The minimum atomic E-state index is -0.318. The first-order chi connectivity index (χ1) is 14.9. The minimum Gasteiger partial charge on any atom is -0.347 e. The van der Waals surface area contributed by atoms with Crippen LogP contribution in [0.15, 0.2) is 42.0 Å². The number of benzene rings is 1. The van der Waals surface area contributed by atoms with Gasteiger partial charge in [-0.2, -0.15) is 0 Å². The Morgan fingerprint density at radius 2 is 2.23 bits per heavy atom. The van der Waals surface area contributed by atoms with E-state index in [1.807, 2.05) is 12.3 Å². The van der Waals surface area contributed by atoms with E-state index in [2.05, 4.69) is 20.6 Å². The lowest BCUT2D eigenvalue weighted by Crippen LogP contribution is -2.41. The number of hydrogen-bond donors (Lipinski definition) is 3. The summed E-state index contributed by atoms with van der Waals surface area (Å²) in [6.07, 6.45) is 2.21. The summed E-state index contributed by atoms with van der Waals surface area (Å²) < 4.78 is 13.4. The zero-order valence-electron chi connectivity index (χ0n) is 16.9. The van der Waals surface area contributed by atoms with Crippen LogP contribution in [0, 0.1) is 5.82 Å². The Hall–Kier alpha value is -3.17. The van der Waals surface area contributed by atoms with Crippen LogP contribution in [0.5, 0.6) is 0 Å². The van der Waals surface area contributed by atoms with E-state index in [0.717, 1.165) is 16.7 Å². The van der Waals surface area contributed by atoms with Crippen molar-refractivity contribution in [3.63, 3.8) is 0 Å². The summed E-state index contributed by atoms with van der Waals surface area (Å²) in [6.45, 7) is 2.19. The van der Waals surface area contributed by atoms with Crippen molar-refractivity contribution >= 4 is 29.0 Å². The van der Waals surface area contributed by atoms with Crippen LogP contribution >= 0.6 is 11.3 Å². The van der Waals surface area contributed by atoms with Crippen molar-refractivity contribution < 1.29 is 14.0 Å². The maximum absolute atomic E-state index is 13.4. The standard InChI is InChI=1S/C22H22FN5O2S/c1-12-5-18(29)28-21-19(12)20(25-11-26-21)14-8-17(31-10-14)22(30)27-16(9-24)7-13-3-2-4-15(23)6-13/h2-4,6,8,10-12,16H,5,7,9,24H2,1H3,(H,27,30)(H,25,26,28,29). The van der Waals surface area contributed by atoms with Crippen LogP contribution in [0.2, 0.25) is 0 Å². The van der Waals surface area contributed by atoms with Gasteiger partial charge >= 0.3 is 0 Å². The van der Waals surface area contributed by atoms with Crippen molar-refractivity contribution in [1.82, 2.24) is 15.3 Å². The fourth-order valence-electron chi connectivity index (χ4n) is 3.73. The lowest BCUT2D eigenvalue weighted by molar-refractivity contribution is -0.116. The first kappa shape index (κ1) is 21.1. The molecule has 0 bridgehead atoms. The summed E-state index contributed by atoms with van der Waals surface area (Å²) in [5.41, 5.74) is 8.98. The molecule has 3 heterocycles. The number of nitrogens with zero attached hydrogens (tertiary/aromatic N) is 2. The van der Waals surface area contributed by atoms with Gasteiger partial charge < -0.3 is 16.4 Å². The van der Waals surface area contributed by atoms with Crippen molar-refractivity contribution in [3.05, 3.63) is 63.9 Å². The van der Waals surface area contributed by atoms with E-state index in [-0.39, 0.29) is 36.1 Å². The van der Waals surface area contributed by atoms with Crippen molar-refractivity contribution in [2.45, 2.75) is 31.7 Å². The molecule has 0 fully saturated rings. The number of nitrogens with two attached hydrogens (primary N) is 1. The number of aromatic nitrogens is 2. The highest BCUT2D eigenvalue weighted by molar-refractivity contribution is 7.12. The highest BCUT2D eigenvalue weighted by Gasteiger charge is 2.27. The first-order valence-electron chi connectivity index (χ1n) is 9.93. The second-order valence-electron chi connectivity index (χ2n) is 7.58. The minimum absolute atomic E-state index is 0.0231. The molecule has 2 amide bonds. The van der Waals surface area contributed by atoms with Gasteiger partial charge in [0.05, 0.1) is 10.6 Å². The van der Waals surface area contributed by atoms with Gasteiger partial charge in [-0.25, -0.2) is 14.4 Å². The molecular formula is C22H22FN5O2S. The van der Waals surface area contributed by atoms with E-state index in [1.165, 1.54) is 29.8 Å². The van der Waals surface area contributed by atoms with Gasteiger partial charge in [-0.05, 0) is 36.1 Å². The Bertz CT molecular complexity index is 1130. The second kappa shape index (κ2) is 8.91. The molecule has 2 unspecified atom stereocenters. The molecule has 2 atom stereocenters. The number of nitrogens with one attached hydrogen (secondary N) is 2. The maximum atomic E-state index is 13.4. The van der Waals surface area contributed by atoms with E-state index in [0.29, 0.717) is 29.2 Å². The summed E-state index contributed by atoms with van der Waals surface area (Å²) in [5.74, 6) is -0.135. The molecule has 31 heavy (non-hydrogen) atoms. The van der Waals surface area contributed by atoms with Gasteiger partial charge in [0.2, 0.25) is 5.91 Å². The molecule has 0 saturated heterocycles. The molecule has 7 nitrogen and oxygen atoms in total. The molecular weight excluding hydrogens is 417 g/mol. The molecule has 0 aliphatic carbocycles. The Labute approximate surface area is 182 Å². The zero-order chi connectivity index (χ0) is 22.0. The number of fused-ring (bicyclic) bond motifs is 1. The van der Waals surface area contributed by atoms with Crippen molar-refractivity contribution in [1.29, 1.82) is 0 Å². The van der Waals surface area contributed by atoms with Crippen LogP contribution in [-0.4, -0.2) is 34.4 Å². The molecule has 2 aromatic heterocycles. The van der Waals surface area contributed by atoms with Crippen LogP contribution in [0.4, 0.5) is 10.2 Å². The van der Waals surface area contributed by atoms with Crippen LogP contribution in [0.1, 0.15) is 40.1 Å². The fourth-order valence-corrected chi connectivity index (χ4v) is 4.53. The quantitative estimate of drug-likeness (QED) is 0.547. The van der Waals surface area contributed by atoms with Crippen LogP contribution in [0.25, 0.3) is 11.3 Å². The predicted octanol–water partition coefficient (Wildman–Crippen LogP) is 3.09. The molecule has 4 rings (SSSR count). The van der Waals surface area contributed by atoms with E-state index in [9.17, 15) is 14.0 Å². The Morgan fingerprint density at radius 1 is 1.39 bits per heavy atom. The predicted molar refractivity (Wildman–Crippen MR) is 117 cm³/mol. The van der Waals surface area contributed by atoms with Gasteiger partial charge in [-0.3, -0.25) is 9.59 Å². The topological polar surface area (TPSA) is 110 Å². The molecule has 4 N–H and O–H groups in total. The van der Waals surface area contributed by atoms with E-state index in [4.69, 9.17) is 5.73 Å². The smallest absolute Gasteiger partial charge is 0.261 e. The largest absolute Gasteiger partial charge is 0.347 e. The SMILES string of the molecule is CC1CC(=O)Nc2ncnc(-c3csc(C(=O)NC(CN)Cc4cccc(F)c4)c3)c21. The lowest BCUT2D eigenvalue weighted by Gasteiger charge is -2.23. The average molecular weight is 440 g/mol. The number of thiophene rings is 1. The van der Waals surface area contributed by atoms with Crippen LogP contribution in [-0.2, 0) is 11.2 Å². The van der Waals surface area contributed by atoms with Crippen molar-refractivity contribution in [3.8, 4) is 11.3 Å². The van der Waals surface area contributed by atoms with E-state index >= 15 is 0 Å². The molecule has 9 heteroatoms. The zero-order valence-corrected chi connectivity index (χ0v) is 17.7. The van der Waals surface area contributed by atoms with E-state index in [1.54, 1.807) is 18.2 Å². The second-order valence-corrected chi connectivity index (χ2v) is 8.49. The molecule has 1 aliphatic rings. The molecule has 0 radical (unpaired) electrons. The maximum Gasteiger partial charge on any atom is 0.261 e. The first-order valence-corrected chi connectivity index (χ1v) is 10.8. The monoisotopic (exact) mass is 439 g/mol. The van der Waals surface area contributed by atoms with Crippen molar-refractivity contribution in [2.24, 2.45) is 5.73 Å².